The number of thiazole rings is 1. The third kappa shape index (κ3) is 2.89. The molecule has 0 aliphatic heterocycles. The van der Waals surface area contributed by atoms with E-state index in [1.54, 1.807) is 4.40 Å². The Morgan fingerprint density at radius 1 is 0.935 bits per heavy atom. The van der Waals surface area contributed by atoms with Crippen molar-refractivity contribution in [1.29, 1.82) is 0 Å². The molecule has 0 unspecified atom stereocenters. The van der Waals surface area contributed by atoms with Crippen LogP contribution in [-0.2, 0) is 6.54 Å². The molecule has 6 rings (SSSR count). The highest BCUT2D eigenvalue weighted by Crippen LogP contribution is 2.24. The van der Waals surface area contributed by atoms with Crippen molar-refractivity contribution in [2.75, 3.05) is 0 Å². The van der Waals surface area contributed by atoms with E-state index < -0.39 is 0 Å². The summed E-state index contributed by atoms with van der Waals surface area (Å²) in [5.74, 6) is 0. The molecule has 0 saturated heterocycles. The molecule has 6 aromatic rings. The number of para-hydroxylation sites is 3. The van der Waals surface area contributed by atoms with Gasteiger partial charge in [0.15, 0.2) is 4.96 Å². The van der Waals surface area contributed by atoms with E-state index in [2.05, 4.69) is 65.1 Å². The Bertz CT molecular complexity index is 1700. The second kappa shape index (κ2) is 6.93. The van der Waals surface area contributed by atoms with Gasteiger partial charge >= 0.3 is 0 Å². The zero-order valence-electron chi connectivity index (χ0n) is 16.9. The maximum atomic E-state index is 13.2. The Morgan fingerprint density at radius 3 is 2.55 bits per heavy atom. The van der Waals surface area contributed by atoms with Gasteiger partial charge in [0, 0.05) is 29.2 Å². The van der Waals surface area contributed by atoms with Gasteiger partial charge in [-0.2, -0.15) is 0 Å². The summed E-state index contributed by atoms with van der Waals surface area (Å²) in [4.78, 5) is 18.5. The van der Waals surface area contributed by atoms with Crippen molar-refractivity contribution in [3.63, 3.8) is 0 Å². The fraction of sp³-hybridized carbons (Fsp3) is 0.0769. The molecule has 3 heterocycles. The van der Waals surface area contributed by atoms with Crippen molar-refractivity contribution < 1.29 is 0 Å². The van der Waals surface area contributed by atoms with Crippen LogP contribution in [0.2, 0.25) is 0 Å². The molecule has 4 nitrogen and oxygen atoms in total. The van der Waals surface area contributed by atoms with Gasteiger partial charge in [-0.15, -0.1) is 0 Å². The van der Waals surface area contributed by atoms with Gasteiger partial charge in [-0.25, -0.2) is 9.38 Å². The highest BCUT2D eigenvalue weighted by molar-refractivity contribution is 7.15. The highest BCUT2D eigenvalue weighted by Gasteiger charge is 2.12. The smallest absolute Gasteiger partial charge is 0.274 e. The van der Waals surface area contributed by atoms with Gasteiger partial charge in [0.05, 0.1) is 15.6 Å². The first-order chi connectivity index (χ1) is 15.2. The van der Waals surface area contributed by atoms with Crippen LogP contribution in [0, 0.1) is 6.92 Å². The summed E-state index contributed by atoms with van der Waals surface area (Å²) in [5.41, 5.74) is 6.49. The van der Waals surface area contributed by atoms with E-state index in [1.165, 1.54) is 22.5 Å². The second-order valence-electron chi connectivity index (χ2n) is 7.79. The minimum absolute atomic E-state index is 0.00978. The lowest BCUT2D eigenvalue weighted by atomic mass is 10.1. The van der Waals surface area contributed by atoms with Gasteiger partial charge in [-0.3, -0.25) is 4.79 Å². The second-order valence-corrected chi connectivity index (χ2v) is 8.80. The Labute approximate surface area is 182 Å². The molecule has 0 N–H and O–H groups in total. The number of imidazole rings is 1. The minimum atomic E-state index is -0.00978. The molecular weight excluding hydrogens is 402 g/mol. The van der Waals surface area contributed by atoms with Gasteiger partial charge in [0.2, 0.25) is 0 Å². The van der Waals surface area contributed by atoms with Crippen LogP contribution in [0.1, 0.15) is 16.7 Å². The largest absolute Gasteiger partial charge is 0.342 e. The quantitative estimate of drug-likeness (QED) is 0.413. The summed E-state index contributed by atoms with van der Waals surface area (Å²) in [5, 5.41) is 1.14. The van der Waals surface area contributed by atoms with Gasteiger partial charge < -0.3 is 4.57 Å². The fourth-order valence-corrected chi connectivity index (χ4v) is 5.22. The lowest BCUT2D eigenvalue weighted by Crippen LogP contribution is -2.22. The normalized spacial score (nSPS) is 12.5. The molecule has 31 heavy (non-hydrogen) atoms. The molecular formula is C26H19N3OS. The molecule has 0 saturated carbocycles. The predicted octanol–water partition coefficient (Wildman–Crippen LogP) is 4.77. The summed E-state index contributed by atoms with van der Waals surface area (Å²) in [7, 11) is 0. The van der Waals surface area contributed by atoms with Crippen LogP contribution < -0.4 is 10.1 Å². The predicted molar refractivity (Wildman–Crippen MR) is 128 cm³/mol. The first-order valence-corrected chi connectivity index (χ1v) is 11.0. The monoisotopic (exact) mass is 421 g/mol. The number of rotatable bonds is 3. The van der Waals surface area contributed by atoms with Crippen LogP contribution in [0.5, 0.6) is 0 Å². The van der Waals surface area contributed by atoms with Crippen molar-refractivity contribution in [2.24, 2.45) is 0 Å². The summed E-state index contributed by atoms with van der Waals surface area (Å²) in [6, 6.07) is 24.6. The Balaban J connectivity index is 1.54. The lowest BCUT2D eigenvalue weighted by Gasteiger charge is -2.08. The zero-order valence-corrected chi connectivity index (χ0v) is 17.8. The van der Waals surface area contributed by atoms with Crippen LogP contribution >= 0.6 is 11.3 Å². The van der Waals surface area contributed by atoms with Crippen molar-refractivity contribution in [3.05, 3.63) is 111 Å². The lowest BCUT2D eigenvalue weighted by molar-refractivity contribution is 0.830. The average molecular weight is 422 g/mol. The highest BCUT2D eigenvalue weighted by atomic mass is 32.1. The standard InChI is InChI=1S/C26H19N3OS/c1-17-8-2-3-9-18(17)15-28-16-19(20-10-4-6-12-22(20)28)14-24-25(30)29-23-13-7-5-11-21(23)27-26(29)31-24/h2-14,16H,15H2,1H3/b24-14-. The van der Waals surface area contributed by atoms with Crippen LogP contribution in [0.25, 0.3) is 33.0 Å². The SMILES string of the molecule is Cc1ccccc1Cn1cc(/C=c2\sc3nc4ccccc4n3c2=O)c2ccccc21. The molecule has 0 aliphatic rings. The number of nitrogens with zero attached hydrogens (tertiary/aromatic N) is 3. The van der Waals surface area contributed by atoms with Crippen molar-refractivity contribution in [3.8, 4) is 0 Å². The Morgan fingerprint density at radius 2 is 1.68 bits per heavy atom. The summed E-state index contributed by atoms with van der Waals surface area (Å²) in [6.45, 7) is 2.94. The van der Waals surface area contributed by atoms with Gasteiger partial charge in [-0.1, -0.05) is 65.9 Å². The van der Waals surface area contributed by atoms with E-state index in [9.17, 15) is 4.79 Å². The first-order valence-electron chi connectivity index (χ1n) is 10.2. The van der Waals surface area contributed by atoms with Crippen molar-refractivity contribution in [1.82, 2.24) is 14.0 Å². The molecule has 0 fully saturated rings. The van der Waals surface area contributed by atoms with Crippen molar-refractivity contribution >= 4 is 44.3 Å². The molecule has 3 aromatic heterocycles. The van der Waals surface area contributed by atoms with Crippen LogP contribution in [0.4, 0.5) is 0 Å². The van der Waals surface area contributed by atoms with Gasteiger partial charge in [-0.05, 0) is 42.3 Å². The molecule has 0 spiro atoms. The van der Waals surface area contributed by atoms with Crippen molar-refractivity contribution in [2.45, 2.75) is 13.5 Å². The maximum absolute atomic E-state index is 13.2. The molecule has 0 atom stereocenters. The van der Waals surface area contributed by atoms with E-state index in [4.69, 9.17) is 0 Å². The average Bonchev–Trinajstić information content (AvgIpc) is 3.42. The molecule has 0 radical (unpaired) electrons. The summed E-state index contributed by atoms with van der Waals surface area (Å²) < 4.78 is 4.69. The zero-order chi connectivity index (χ0) is 20.9. The van der Waals surface area contributed by atoms with E-state index in [1.807, 2.05) is 36.4 Å². The van der Waals surface area contributed by atoms with Crippen LogP contribution in [-0.4, -0.2) is 14.0 Å². The van der Waals surface area contributed by atoms with Crippen LogP contribution in [0.15, 0.2) is 83.8 Å². The third-order valence-corrected chi connectivity index (χ3v) is 6.82. The number of benzene rings is 3. The topological polar surface area (TPSA) is 39.3 Å². The number of aromatic nitrogens is 3. The summed E-state index contributed by atoms with van der Waals surface area (Å²) >= 11 is 1.44. The van der Waals surface area contributed by atoms with Crippen LogP contribution in [0.3, 0.4) is 0 Å². The maximum Gasteiger partial charge on any atom is 0.274 e. The number of aryl methyl sites for hydroxylation is 1. The third-order valence-electron chi connectivity index (χ3n) is 5.85. The van der Waals surface area contributed by atoms with E-state index in [0.717, 1.165) is 39.0 Å². The molecule has 3 aromatic carbocycles. The fourth-order valence-electron chi connectivity index (χ4n) is 4.25. The number of hydrogen-bond donors (Lipinski definition) is 0. The molecule has 5 heteroatoms. The summed E-state index contributed by atoms with van der Waals surface area (Å²) in [6.07, 6.45) is 4.16. The molecule has 0 amide bonds. The Kier molecular flexibility index (Phi) is 4.04. The number of hydrogen-bond acceptors (Lipinski definition) is 3. The van der Waals surface area contributed by atoms with E-state index in [0.29, 0.717) is 4.53 Å². The Hall–Kier alpha value is -3.70. The first kappa shape index (κ1) is 18.1. The van der Waals surface area contributed by atoms with Gasteiger partial charge in [0.1, 0.15) is 0 Å². The molecule has 0 aliphatic carbocycles. The van der Waals surface area contributed by atoms with E-state index in [-0.39, 0.29) is 5.56 Å². The molecule has 150 valence electrons. The van der Waals surface area contributed by atoms with E-state index >= 15 is 0 Å². The van der Waals surface area contributed by atoms with Gasteiger partial charge in [0.25, 0.3) is 5.56 Å². The number of fused-ring (bicyclic) bond motifs is 4. The minimum Gasteiger partial charge on any atom is -0.342 e. The molecule has 0 bridgehead atoms.